The number of hydrogen-bond donors (Lipinski definition) is 0. The van der Waals surface area contributed by atoms with Crippen LogP contribution in [0.25, 0.3) is 0 Å². The Morgan fingerprint density at radius 3 is 1.75 bits per heavy atom. The molecule has 0 N–H and O–H groups in total. The highest BCUT2D eigenvalue weighted by atomic mass is 35.5. The van der Waals surface area contributed by atoms with Crippen molar-refractivity contribution in [2.45, 2.75) is 39.5 Å². The van der Waals surface area contributed by atoms with Gasteiger partial charge >= 0.3 is 0 Å². The fourth-order valence-corrected chi connectivity index (χ4v) is 6.12. The van der Waals surface area contributed by atoms with Crippen LogP contribution in [0.4, 0.5) is 5.69 Å². The van der Waals surface area contributed by atoms with Crippen LogP contribution >= 0.6 is 23.2 Å². The van der Waals surface area contributed by atoms with E-state index in [0.29, 0.717) is 41.1 Å². The molecule has 1 aliphatic rings. The predicted octanol–water partition coefficient (Wildman–Crippen LogP) is 5.05. The molecule has 28 heavy (non-hydrogen) atoms. The minimum Gasteiger partial charge on any atom is -0.369 e. The number of nitrogens with zero attached hydrogens (tertiary/aromatic N) is 2. The number of rotatable bonds is 3. The zero-order valence-corrected chi connectivity index (χ0v) is 19.3. The molecule has 0 bridgehead atoms. The van der Waals surface area contributed by atoms with Crippen molar-refractivity contribution in [1.29, 1.82) is 0 Å². The lowest BCUT2D eigenvalue weighted by Gasteiger charge is -2.36. The molecule has 7 heteroatoms. The third-order valence-corrected chi connectivity index (χ3v) is 8.95. The lowest BCUT2D eigenvalue weighted by atomic mass is 9.95. The number of benzene rings is 2. The molecule has 0 spiro atoms. The summed E-state index contributed by atoms with van der Waals surface area (Å²) in [4.78, 5) is 2.61. The fourth-order valence-electron chi connectivity index (χ4n) is 3.85. The first-order chi connectivity index (χ1) is 13.1. The lowest BCUT2D eigenvalue weighted by molar-refractivity contribution is 0.384. The molecule has 0 amide bonds. The quantitative estimate of drug-likeness (QED) is 0.670. The van der Waals surface area contributed by atoms with Crippen molar-refractivity contribution >= 4 is 38.9 Å². The van der Waals surface area contributed by atoms with Crippen LogP contribution in [0.1, 0.15) is 27.8 Å². The maximum Gasteiger partial charge on any atom is 0.243 e. The molecule has 1 aliphatic heterocycles. The van der Waals surface area contributed by atoms with Gasteiger partial charge in [0.1, 0.15) is 0 Å². The molecule has 2 aromatic carbocycles. The second-order valence-corrected chi connectivity index (χ2v) is 10.1. The molecule has 4 nitrogen and oxygen atoms in total. The molecule has 0 aliphatic carbocycles. The normalized spacial score (nSPS) is 15.9. The summed E-state index contributed by atoms with van der Waals surface area (Å²) in [5, 5.41) is 1.02. The molecule has 3 rings (SSSR count). The van der Waals surface area contributed by atoms with Crippen molar-refractivity contribution in [3.8, 4) is 0 Å². The summed E-state index contributed by atoms with van der Waals surface area (Å²) < 4.78 is 28.5. The highest BCUT2D eigenvalue weighted by Crippen LogP contribution is 2.33. The molecule has 0 atom stereocenters. The van der Waals surface area contributed by atoms with E-state index in [0.717, 1.165) is 27.9 Å². The molecule has 1 saturated heterocycles. The van der Waals surface area contributed by atoms with Crippen LogP contribution in [0, 0.1) is 34.6 Å². The molecule has 0 unspecified atom stereocenters. The van der Waals surface area contributed by atoms with Gasteiger partial charge in [-0.05, 0) is 80.6 Å². The van der Waals surface area contributed by atoms with Gasteiger partial charge in [0.15, 0.2) is 0 Å². The zero-order valence-electron chi connectivity index (χ0n) is 16.9. The average molecular weight is 441 g/mol. The van der Waals surface area contributed by atoms with Gasteiger partial charge in [0, 0.05) is 31.9 Å². The van der Waals surface area contributed by atoms with E-state index in [1.54, 1.807) is 10.4 Å². The number of halogens is 2. The lowest BCUT2D eigenvalue weighted by Crippen LogP contribution is -2.49. The monoisotopic (exact) mass is 440 g/mol. The van der Waals surface area contributed by atoms with Crippen molar-refractivity contribution in [1.82, 2.24) is 4.31 Å². The van der Waals surface area contributed by atoms with Crippen LogP contribution in [-0.4, -0.2) is 38.9 Å². The Balaban J connectivity index is 1.87. The van der Waals surface area contributed by atoms with Gasteiger partial charge in [-0.3, -0.25) is 0 Å². The van der Waals surface area contributed by atoms with Gasteiger partial charge in [-0.2, -0.15) is 4.31 Å². The molecule has 1 fully saturated rings. The smallest absolute Gasteiger partial charge is 0.243 e. The van der Waals surface area contributed by atoms with Gasteiger partial charge in [-0.25, -0.2) is 8.42 Å². The van der Waals surface area contributed by atoms with Crippen LogP contribution in [0.15, 0.2) is 23.1 Å². The van der Waals surface area contributed by atoms with Crippen molar-refractivity contribution in [2.75, 3.05) is 31.1 Å². The summed E-state index contributed by atoms with van der Waals surface area (Å²) in [6.45, 7) is 12.0. The molecule has 2 aromatic rings. The van der Waals surface area contributed by atoms with Gasteiger partial charge in [-0.1, -0.05) is 23.2 Å². The highest BCUT2D eigenvalue weighted by Gasteiger charge is 2.32. The Hall–Kier alpha value is -1.27. The maximum absolute atomic E-state index is 13.5. The Kier molecular flexibility index (Phi) is 6.02. The topological polar surface area (TPSA) is 40.6 Å². The number of sulfonamides is 1. The van der Waals surface area contributed by atoms with E-state index >= 15 is 0 Å². The first-order valence-corrected chi connectivity index (χ1v) is 11.5. The van der Waals surface area contributed by atoms with E-state index < -0.39 is 10.0 Å². The first kappa shape index (κ1) is 21.4. The van der Waals surface area contributed by atoms with E-state index in [1.807, 2.05) is 39.8 Å². The van der Waals surface area contributed by atoms with Crippen LogP contribution < -0.4 is 4.90 Å². The number of piperazine rings is 1. The highest BCUT2D eigenvalue weighted by molar-refractivity contribution is 7.89. The number of anilines is 1. The molecule has 0 saturated carbocycles. The van der Waals surface area contributed by atoms with Gasteiger partial charge in [0.05, 0.1) is 14.9 Å². The van der Waals surface area contributed by atoms with Gasteiger partial charge < -0.3 is 4.90 Å². The second kappa shape index (κ2) is 7.86. The molecule has 0 radical (unpaired) electrons. The van der Waals surface area contributed by atoms with Gasteiger partial charge in [0.2, 0.25) is 10.0 Å². The minimum atomic E-state index is -3.55. The van der Waals surface area contributed by atoms with E-state index in [9.17, 15) is 8.42 Å². The summed E-state index contributed by atoms with van der Waals surface area (Å²) in [6, 6.07) is 5.52. The maximum atomic E-state index is 13.5. The van der Waals surface area contributed by atoms with Crippen molar-refractivity contribution < 1.29 is 8.42 Å². The van der Waals surface area contributed by atoms with Crippen LogP contribution in [0.3, 0.4) is 0 Å². The predicted molar refractivity (Wildman–Crippen MR) is 118 cm³/mol. The van der Waals surface area contributed by atoms with Crippen LogP contribution in [-0.2, 0) is 10.0 Å². The van der Waals surface area contributed by atoms with Crippen molar-refractivity contribution in [3.63, 3.8) is 0 Å². The van der Waals surface area contributed by atoms with Gasteiger partial charge in [0.25, 0.3) is 0 Å². The Morgan fingerprint density at radius 2 is 1.25 bits per heavy atom. The van der Waals surface area contributed by atoms with Crippen molar-refractivity contribution in [2.24, 2.45) is 0 Å². The molecule has 152 valence electrons. The third-order valence-electron chi connectivity index (χ3n) is 6.04. The molecular weight excluding hydrogens is 415 g/mol. The van der Waals surface area contributed by atoms with E-state index in [4.69, 9.17) is 23.2 Å². The average Bonchev–Trinajstić information content (AvgIpc) is 2.67. The largest absolute Gasteiger partial charge is 0.369 e. The Morgan fingerprint density at radius 1 is 0.750 bits per heavy atom. The summed E-state index contributed by atoms with van der Waals surface area (Å²) in [5.41, 5.74) is 5.94. The SMILES string of the molecule is Cc1c(C)c(C)c(S(=O)(=O)N2CCN(c3ccc(Cl)c(Cl)c3)CC2)c(C)c1C. The first-order valence-electron chi connectivity index (χ1n) is 9.32. The zero-order chi connectivity index (χ0) is 20.8. The van der Waals surface area contributed by atoms with Gasteiger partial charge in [-0.15, -0.1) is 0 Å². The summed E-state index contributed by atoms with van der Waals surface area (Å²) in [6.07, 6.45) is 0. The number of hydrogen-bond acceptors (Lipinski definition) is 3. The Labute approximate surface area is 178 Å². The minimum absolute atomic E-state index is 0.438. The Bertz CT molecular complexity index is 998. The standard InChI is InChI=1S/C21H26Cl2N2O2S/c1-13-14(2)16(4)21(17(5)15(13)3)28(26,27)25-10-8-24(9-11-25)18-6-7-19(22)20(23)12-18/h6-7,12H,8-11H2,1-5H3. The third kappa shape index (κ3) is 3.65. The summed E-state index contributed by atoms with van der Waals surface area (Å²) in [5.74, 6) is 0. The van der Waals surface area contributed by atoms with Crippen LogP contribution in [0.5, 0.6) is 0 Å². The summed E-state index contributed by atoms with van der Waals surface area (Å²) in [7, 11) is -3.55. The molecule has 0 aromatic heterocycles. The second-order valence-electron chi connectivity index (χ2n) is 7.44. The van der Waals surface area contributed by atoms with E-state index in [1.165, 1.54) is 5.56 Å². The van der Waals surface area contributed by atoms with Crippen LogP contribution in [0.2, 0.25) is 10.0 Å². The van der Waals surface area contributed by atoms with Crippen molar-refractivity contribution in [3.05, 3.63) is 56.1 Å². The summed E-state index contributed by atoms with van der Waals surface area (Å²) >= 11 is 12.1. The van der Waals surface area contributed by atoms with E-state index in [-0.39, 0.29) is 0 Å². The molecule has 1 heterocycles. The molecular formula is C21H26Cl2N2O2S. The van der Waals surface area contributed by atoms with E-state index in [2.05, 4.69) is 11.8 Å². The fraction of sp³-hybridized carbons (Fsp3) is 0.429.